The fourth-order valence-corrected chi connectivity index (χ4v) is 7.46. The molecule has 1 aliphatic heterocycles. The molecule has 6 rings (SSSR count). The summed E-state index contributed by atoms with van der Waals surface area (Å²) >= 11 is 0. The largest absolute Gasteiger partial charge is 0.508 e. The molecular weight excluding hydrogens is 514 g/mol. The van der Waals surface area contributed by atoms with E-state index >= 15 is 0 Å². The molecule has 0 bridgehead atoms. The topological polar surface area (TPSA) is 192 Å². The Hall–Kier alpha value is -3.70. The lowest BCUT2D eigenvalue weighted by Gasteiger charge is -2.63. The molecule has 1 spiro atoms. The van der Waals surface area contributed by atoms with Crippen LogP contribution in [0.15, 0.2) is 29.1 Å². The summed E-state index contributed by atoms with van der Waals surface area (Å²) in [6.07, 6.45) is 4.80. The Morgan fingerprint density at radius 1 is 1.12 bits per heavy atom. The maximum Gasteiger partial charge on any atom is 0.261 e. The molecule has 1 aromatic heterocycles. The highest BCUT2D eigenvalue weighted by atomic mass is 16.3. The van der Waals surface area contributed by atoms with Gasteiger partial charge in [0, 0.05) is 36.7 Å². The number of H-pyrrole nitrogens is 1. The molecule has 2 heterocycles. The Labute approximate surface area is 230 Å². The van der Waals surface area contributed by atoms with E-state index in [1.54, 1.807) is 6.07 Å². The molecule has 2 aromatic rings. The third-order valence-electron chi connectivity index (χ3n) is 9.36. The quantitative estimate of drug-likeness (QED) is 0.261. The van der Waals surface area contributed by atoms with E-state index in [0.29, 0.717) is 30.0 Å². The van der Waals surface area contributed by atoms with Crippen molar-refractivity contribution in [3.05, 3.63) is 62.6 Å². The van der Waals surface area contributed by atoms with Crippen molar-refractivity contribution in [2.24, 2.45) is 17.4 Å². The summed E-state index contributed by atoms with van der Waals surface area (Å²) in [5.74, 6) is -1.71. The predicted octanol–water partition coefficient (Wildman–Crippen LogP) is -0.262. The van der Waals surface area contributed by atoms with Gasteiger partial charge in [0.2, 0.25) is 11.8 Å². The highest BCUT2D eigenvalue weighted by Gasteiger charge is 2.64. The maximum absolute atomic E-state index is 13.0. The third kappa shape index (κ3) is 4.46. The number of likely N-dealkylation sites (tertiary alicyclic amines) is 1. The number of aromatic amines is 1. The molecule has 4 unspecified atom stereocenters. The number of pyridine rings is 1. The average Bonchev–Trinajstić information content (AvgIpc) is 3.61. The molecule has 8 N–H and O–H groups in total. The van der Waals surface area contributed by atoms with Crippen molar-refractivity contribution in [3.63, 3.8) is 0 Å². The minimum atomic E-state index is -1.34. The normalized spacial score (nSPS) is 27.9. The molecule has 3 aliphatic carbocycles. The average molecular weight is 550 g/mol. The molecule has 4 atom stereocenters. The van der Waals surface area contributed by atoms with Crippen LogP contribution < -0.4 is 22.3 Å². The number of benzene rings is 1. The highest BCUT2D eigenvalue weighted by Crippen LogP contribution is 2.56. The van der Waals surface area contributed by atoms with Gasteiger partial charge >= 0.3 is 0 Å². The third-order valence-corrected chi connectivity index (χ3v) is 9.36. The highest BCUT2D eigenvalue weighted by molar-refractivity contribution is 5.98. The summed E-state index contributed by atoms with van der Waals surface area (Å²) in [6, 6.07) is 5.55. The lowest BCUT2D eigenvalue weighted by Crippen LogP contribution is -2.75. The van der Waals surface area contributed by atoms with E-state index in [0.717, 1.165) is 31.5 Å². The molecule has 0 radical (unpaired) electrons. The first-order valence-electron chi connectivity index (χ1n) is 13.9. The summed E-state index contributed by atoms with van der Waals surface area (Å²) in [5, 5.41) is 24.8. The van der Waals surface area contributed by atoms with Gasteiger partial charge in [0.15, 0.2) is 0 Å². The van der Waals surface area contributed by atoms with Crippen LogP contribution in [0.3, 0.4) is 0 Å². The summed E-state index contributed by atoms with van der Waals surface area (Å²) in [6.45, 7) is 1.79. The molecule has 2 fully saturated rings. The Kier molecular flexibility index (Phi) is 6.26. The lowest BCUT2D eigenvalue weighted by atomic mass is 9.58. The number of carbonyl (C=O) groups excluding carboxylic acids is 3. The van der Waals surface area contributed by atoms with Crippen molar-refractivity contribution in [2.45, 2.75) is 74.5 Å². The lowest BCUT2D eigenvalue weighted by molar-refractivity contribution is -0.153. The zero-order valence-corrected chi connectivity index (χ0v) is 22.2. The van der Waals surface area contributed by atoms with Crippen molar-refractivity contribution in [1.29, 1.82) is 0 Å². The molecule has 4 aliphatic rings. The zero-order chi connectivity index (χ0) is 28.4. The number of phenolic OH excluding ortho intramolecular Hbond substituents is 1. The van der Waals surface area contributed by atoms with Crippen molar-refractivity contribution in [3.8, 4) is 5.75 Å². The summed E-state index contributed by atoms with van der Waals surface area (Å²) in [7, 11) is 0. The molecule has 1 aromatic carbocycles. The fraction of sp³-hybridized carbons (Fsp3) is 0.517. The van der Waals surface area contributed by atoms with Crippen molar-refractivity contribution in [1.82, 2.24) is 15.2 Å². The molecule has 1 saturated carbocycles. The second-order valence-electron chi connectivity index (χ2n) is 12.2. The zero-order valence-electron chi connectivity index (χ0n) is 22.2. The van der Waals surface area contributed by atoms with Crippen LogP contribution in [0.4, 0.5) is 0 Å². The van der Waals surface area contributed by atoms with Gasteiger partial charge in [-0.3, -0.25) is 24.1 Å². The van der Waals surface area contributed by atoms with Crippen molar-refractivity contribution in [2.75, 3.05) is 13.1 Å². The Morgan fingerprint density at radius 3 is 2.60 bits per heavy atom. The van der Waals surface area contributed by atoms with Crippen molar-refractivity contribution < 1.29 is 24.6 Å². The van der Waals surface area contributed by atoms with Crippen molar-refractivity contribution >= 4 is 17.7 Å². The van der Waals surface area contributed by atoms with E-state index in [1.165, 1.54) is 24.5 Å². The number of hydrogen-bond donors (Lipinski definition) is 6. The van der Waals surface area contributed by atoms with Crippen LogP contribution in [0.25, 0.3) is 0 Å². The molecular formula is C29H35N5O6. The molecule has 212 valence electrons. The van der Waals surface area contributed by atoms with Crippen LogP contribution in [-0.4, -0.2) is 68.6 Å². The minimum Gasteiger partial charge on any atom is -0.508 e. The van der Waals surface area contributed by atoms with Gasteiger partial charge in [0.05, 0.1) is 12.0 Å². The monoisotopic (exact) mass is 549 g/mol. The first kappa shape index (κ1) is 26.5. The molecule has 3 amide bonds. The number of phenols is 1. The summed E-state index contributed by atoms with van der Waals surface area (Å²) in [5.41, 5.74) is 11.9. The van der Waals surface area contributed by atoms with Crippen LogP contribution in [-0.2, 0) is 34.3 Å². The van der Waals surface area contributed by atoms with Crippen LogP contribution in [0, 0.1) is 5.92 Å². The van der Waals surface area contributed by atoms with E-state index in [4.69, 9.17) is 11.5 Å². The number of aromatic hydroxyl groups is 1. The van der Waals surface area contributed by atoms with Gasteiger partial charge in [0.25, 0.3) is 11.5 Å². The minimum absolute atomic E-state index is 0.140. The standard InChI is InChI=1S/C29H35N5O6/c30-23(36)11-22(24(31)37)33-26(39)19-10-17-12-29(40,8-6-21(17)32-25(19)38)27-28(14-34(27)13-15-1-2-15)7-5-16-9-18(35)3-4-20(16)28/h3-4,9-10,15,22,27,35,40H,1-2,5-8,11-14H2,(H2,30,36)(H2,31,37)(H,32,38)(H,33,39). The summed E-state index contributed by atoms with van der Waals surface area (Å²) < 4.78 is 0. The van der Waals surface area contributed by atoms with Gasteiger partial charge < -0.3 is 32.0 Å². The number of hydrogen-bond acceptors (Lipinski definition) is 7. The van der Waals surface area contributed by atoms with Gasteiger partial charge in [-0.1, -0.05) is 6.07 Å². The number of primary amides is 2. The van der Waals surface area contributed by atoms with E-state index in [9.17, 15) is 29.4 Å². The van der Waals surface area contributed by atoms with Gasteiger partial charge in [-0.05, 0) is 79.3 Å². The van der Waals surface area contributed by atoms with E-state index < -0.39 is 41.3 Å². The van der Waals surface area contributed by atoms with Gasteiger partial charge in [-0.15, -0.1) is 0 Å². The van der Waals surface area contributed by atoms with Crippen LogP contribution in [0.2, 0.25) is 0 Å². The number of rotatable bonds is 8. The first-order chi connectivity index (χ1) is 19.0. The Bertz CT molecular complexity index is 1470. The van der Waals surface area contributed by atoms with E-state index in [1.807, 2.05) is 12.1 Å². The number of nitrogens with zero attached hydrogens (tertiary/aromatic N) is 1. The summed E-state index contributed by atoms with van der Waals surface area (Å²) in [4.78, 5) is 54.0. The maximum atomic E-state index is 13.0. The second-order valence-corrected chi connectivity index (χ2v) is 12.2. The molecule has 11 nitrogen and oxygen atoms in total. The smallest absolute Gasteiger partial charge is 0.261 e. The van der Waals surface area contributed by atoms with E-state index in [2.05, 4.69) is 15.2 Å². The van der Waals surface area contributed by atoms with Crippen LogP contribution in [0.1, 0.15) is 64.8 Å². The number of fused-ring (bicyclic) bond motifs is 3. The van der Waals surface area contributed by atoms with Gasteiger partial charge in [0.1, 0.15) is 17.4 Å². The number of aromatic nitrogens is 1. The van der Waals surface area contributed by atoms with Crippen LogP contribution in [0.5, 0.6) is 5.75 Å². The number of nitrogens with one attached hydrogen (secondary N) is 2. The number of carbonyl (C=O) groups is 3. The number of aryl methyl sites for hydroxylation is 2. The van der Waals surface area contributed by atoms with E-state index in [-0.39, 0.29) is 29.2 Å². The van der Waals surface area contributed by atoms with Gasteiger partial charge in [-0.2, -0.15) is 0 Å². The number of aliphatic hydroxyl groups is 1. The number of amides is 3. The Morgan fingerprint density at radius 2 is 1.90 bits per heavy atom. The SMILES string of the molecule is NC(=O)CC(NC(=O)c1cc2c([nH]c1=O)CCC(O)(C1N(CC3CC3)CC13CCc1cc(O)ccc13)C2)C(N)=O. The fourth-order valence-electron chi connectivity index (χ4n) is 7.46. The van der Waals surface area contributed by atoms with Gasteiger partial charge in [-0.25, -0.2) is 0 Å². The Balaban J connectivity index is 1.31. The second kappa shape index (κ2) is 9.45. The molecule has 11 heteroatoms. The van der Waals surface area contributed by atoms with Crippen LogP contribution >= 0.6 is 0 Å². The predicted molar refractivity (Wildman–Crippen MR) is 144 cm³/mol. The first-order valence-corrected chi connectivity index (χ1v) is 13.9. The molecule has 40 heavy (non-hydrogen) atoms. The number of nitrogens with two attached hydrogens (primary N) is 2. The molecule has 1 saturated heterocycles.